The molecule has 1 heterocycles. The summed E-state index contributed by atoms with van der Waals surface area (Å²) < 4.78 is 0. The van der Waals surface area contributed by atoms with Gasteiger partial charge in [0.2, 0.25) is 0 Å². The molecule has 1 aromatic carbocycles. The van der Waals surface area contributed by atoms with Gasteiger partial charge in [0.1, 0.15) is 11.9 Å². The fourth-order valence-electron chi connectivity index (χ4n) is 2.21. The van der Waals surface area contributed by atoms with Gasteiger partial charge in [-0.25, -0.2) is 9.78 Å². The van der Waals surface area contributed by atoms with Crippen molar-refractivity contribution in [3.05, 3.63) is 36.5 Å². The quantitative estimate of drug-likeness (QED) is 0.893. The molecule has 0 aliphatic heterocycles. The smallest absolute Gasteiger partial charge is 0.326 e. The van der Waals surface area contributed by atoms with Crippen LogP contribution in [-0.2, 0) is 4.79 Å². The highest BCUT2D eigenvalue weighted by Crippen LogP contribution is 2.25. The van der Waals surface area contributed by atoms with E-state index in [1.165, 1.54) is 0 Å². The summed E-state index contributed by atoms with van der Waals surface area (Å²) in [6.45, 7) is 6.09. The Morgan fingerprint density at radius 3 is 2.65 bits per heavy atom. The lowest BCUT2D eigenvalue weighted by Gasteiger charge is -2.24. The van der Waals surface area contributed by atoms with E-state index in [-0.39, 0.29) is 5.41 Å². The molecule has 0 aliphatic rings. The number of benzene rings is 1. The van der Waals surface area contributed by atoms with E-state index in [0.29, 0.717) is 12.2 Å². The lowest BCUT2D eigenvalue weighted by Crippen LogP contribution is -2.33. The van der Waals surface area contributed by atoms with Gasteiger partial charge in [-0.15, -0.1) is 0 Å². The zero-order valence-electron chi connectivity index (χ0n) is 12.1. The van der Waals surface area contributed by atoms with Crippen LogP contribution in [0.3, 0.4) is 0 Å². The Morgan fingerprint density at radius 2 is 2.00 bits per heavy atom. The Morgan fingerprint density at radius 1 is 1.30 bits per heavy atom. The lowest BCUT2D eigenvalue weighted by molar-refractivity contribution is -0.138. The number of nitrogens with zero attached hydrogens (tertiary/aromatic N) is 1. The van der Waals surface area contributed by atoms with E-state index < -0.39 is 12.0 Å². The number of aromatic nitrogens is 1. The second-order valence-electron chi connectivity index (χ2n) is 6.18. The highest BCUT2D eigenvalue weighted by atomic mass is 16.4. The fraction of sp³-hybridized carbons (Fsp3) is 0.375. The molecule has 2 N–H and O–H groups in total. The van der Waals surface area contributed by atoms with Crippen molar-refractivity contribution in [3.63, 3.8) is 0 Å². The molecule has 4 nitrogen and oxygen atoms in total. The maximum Gasteiger partial charge on any atom is 0.326 e. The zero-order chi connectivity index (χ0) is 14.8. The molecule has 1 aromatic heterocycles. The summed E-state index contributed by atoms with van der Waals surface area (Å²) in [6, 6.07) is 9.08. The van der Waals surface area contributed by atoms with Gasteiger partial charge in [-0.3, -0.25) is 0 Å². The molecule has 1 unspecified atom stereocenters. The summed E-state index contributed by atoms with van der Waals surface area (Å²) in [5.41, 5.74) is -0.0688. The van der Waals surface area contributed by atoms with Crippen molar-refractivity contribution in [2.75, 3.05) is 5.32 Å². The molecule has 0 fully saturated rings. The third-order valence-electron chi connectivity index (χ3n) is 3.10. The van der Waals surface area contributed by atoms with Crippen LogP contribution in [0.25, 0.3) is 10.8 Å². The highest BCUT2D eigenvalue weighted by Gasteiger charge is 2.25. The maximum atomic E-state index is 11.4. The number of carboxylic acid groups (broad SMARTS) is 1. The van der Waals surface area contributed by atoms with Gasteiger partial charge in [-0.2, -0.15) is 0 Å². The van der Waals surface area contributed by atoms with Gasteiger partial charge in [-0.1, -0.05) is 45.0 Å². The summed E-state index contributed by atoms with van der Waals surface area (Å²) in [5.74, 6) is -0.227. The van der Waals surface area contributed by atoms with Crippen LogP contribution in [0.4, 0.5) is 5.82 Å². The molecular weight excluding hydrogens is 252 g/mol. The van der Waals surface area contributed by atoms with Gasteiger partial charge in [0.15, 0.2) is 0 Å². The first-order chi connectivity index (χ1) is 9.37. The van der Waals surface area contributed by atoms with Crippen molar-refractivity contribution in [3.8, 4) is 0 Å². The van der Waals surface area contributed by atoms with Gasteiger partial charge < -0.3 is 10.4 Å². The number of hydrogen-bond acceptors (Lipinski definition) is 3. The number of anilines is 1. The molecule has 106 valence electrons. The molecule has 2 rings (SSSR count). The molecule has 0 bridgehead atoms. The molecule has 2 aromatic rings. The third kappa shape index (κ3) is 3.47. The number of aliphatic carboxylic acids is 1. The fourth-order valence-corrected chi connectivity index (χ4v) is 2.21. The summed E-state index contributed by atoms with van der Waals surface area (Å²) in [5, 5.41) is 14.4. The van der Waals surface area contributed by atoms with E-state index in [0.717, 1.165) is 10.8 Å². The van der Waals surface area contributed by atoms with Crippen LogP contribution >= 0.6 is 0 Å². The van der Waals surface area contributed by atoms with Gasteiger partial charge >= 0.3 is 5.97 Å². The number of carbonyl (C=O) groups is 1. The Labute approximate surface area is 118 Å². The van der Waals surface area contributed by atoms with Crippen molar-refractivity contribution >= 4 is 22.6 Å². The first-order valence-electron chi connectivity index (χ1n) is 6.70. The molecule has 20 heavy (non-hydrogen) atoms. The second kappa shape index (κ2) is 5.49. The summed E-state index contributed by atoms with van der Waals surface area (Å²) in [7, 11) is 0. The number of rotatable bonds is 4. The van der Waals surface area contributed by atoms with Crippen molar-refractivity contribution in [1.29, 1.82) is 0 Å². The minimum absolute atomic E-state index is 0.0688. The maximum absolute atomic E-state index is 11.4. The van der Waals surface area contributed by atoms with Crippen LogP contribution < -0.4 is 5.32 Å². The molecular formula is C16H20N2O2. The third-order valence-corrected chi connectivity index (χ3v) is 3.10. The predicted molar refractivity (Wildman–Crippen MR) is 80.9 cm³/mol. The summed E-state index contributed by atoms with van der Waals surface area (Å²) in [6.07, 6.45) is 2.23. The minimum atomic E-state index is -0.852. The number of nitrogens with one attached hydrogen (secondary N) is 1. The van der Waals surface area contributed by atoms with Gasteiger partial charge in [0.05, 0.1) is 0 Å². The Kier molecular flexibility index (Phi) is 3.93. The van der Waals surface area contributed by atoms with Crippen molar-refractivity contribution in [2.45, 2.75) is 33.2 Å². The molecule has 0 saturated heterocycles. The van der Waals surface area contributed by atoms with E-state index in [9.17, 15) is 9.90 Å². The standard InChI is InChI=1S/C16H20N2O2/c1-16(2,3)10-13(15(19)20)18-14-12-7-5-4-6-11(12)8-9-17-14/h4-9,13H,10H2,1-3H3,(H,17,18)(H,19,20). The van der Waals surface area contributed by atoms with Crippen LogP contribution in [-0.4, -0.2) is 22.1 Å². The molecule has 1 atom stereocenters. The largest absolute Gasteiger partial charge is 0.480 e. The Hall–Kier alpha value is -2.10. The van der Waals surface area contributed by atoms with E-state index in [2.05, 4.69) is 10.3 Å². The minimum Gasteiger partial charge on any atom is -0.480 e. The number of hydrogen-bond donors (Lipinski definition) is 2. The Bertz CT molecular complexity index is 612. The first kappa shape index (κ1) is 14.3. The van der Waals surface area contributed by atoms with Crippen LogP contribution in [0.15, 0.2) is 36.5 Å². The predicted octanol–water partition coefficient (Wildman–Crippen LogP) is 3.54. The monoisotopic (exact) mass is 272 g/mol. The second-order valence-corrected chi connectivity index (χ2v) is 6.18. The van der Waals surface area contributed by atoms with Gasteiger partial charge in [-0.05, 0) is 23.3 Å². The average molecular weight is 272 g/mol. The van der Waals surface area contributed by atoms with E-state index in [1.54, 1.807) is 6.20 Å². The zero-order valence-corrected chi connectivity index (χ0v) is 12.1. The van der Waals surface area contributed by atoms with Crippen molar-refractivity contribution in [2.24, 2.45) is 5.41 Å². The molecule has 0 spiro atoms. The van der Waals surface area contributed by atoms with Crippen LogP contribution in [0, 0.1) is 5.41 Å². The lowest BCUT2D eigenvalue weighted by atomic mass is 9.88. The normalized spacial score (nSPS) is 13.2. The van der Waals surface area contributed by atoms with Crippen molar-refractivity contribution in [1.82, 2.24) is 4.98 Å². The SMILES string of the molecule is CC(C)(C)CC(Nc1nccc2ccccc12)C(=O)O. The van der Waals surface area contributed by atoms with Crippen LogP contribution in [0.1, 0.15) is 27.2 Å². The number of pyridine rings is 1. The Balaban J connectivity index is 2.31. The van der Waals surface area contributed by atoms with Crippen LogP contribution in [0.2, 0.25) is 0 Å². The molecule has 0 saturated carbocycles. The highest BCUT2D eigenvalue weighted by molar-refractivity contribution is 5.93. The number of carboxylic acids is 1. The first-order valence-corrected chi connectivity index (χ1v) is 6.70. The van der Waals surface area contributed by atoms with Gasteiger partial charge in [0, 0.05) is 11.6 Å². The van der Waals surface area contributed by atoms with E-state index >= 15 is 0 Å². The molecule has 0 amide bonds. The molecule has 4 heteroatoms. The van der Waals surface area contributed by atoms with E-state index in [1.807, 2.05) is 51.1 Å². The summed E-state index contributed by atoms with van der Waals surface area (Å²) >= 11 is 0. The van der Waals surface area contributed by atoms with E-state index in [4.69, 9.17) is 0 Å². The van der Waals surface area contributed by atoms with Crippen LogP contribution in [0.5, 0.6) is 0 Å². The topological polar surface area (TPSA) is 62.2 Å². The molecule has 0 radical (unpaired) electrons. The van der Waals surface area contributed by atoms with Crippen molar-refractivity contribution < 1.29 is 9.90 Å². The average Bonchev–Trinajstić information content (AvgIpc) is 2.36. The number of fused-ring (bicyclic) bond motifs is 1. The van der Waals surface area contributed by atoms with Gasteiger partial charge in [0.25, 0.3) is 0 Å². The summed E-state index contributed by atoms with van der Waals surface area (Å²) in [4.78, 5) is 15.7. The molecule has 0 aliphatic carbocycles.